The Morgan fingerprint density at radius 2 is 2.32 bits per heavy atom. The highest BCUT2D eigenvalue weighted by Crippen LogP contribution is 2.35. The van der Waals surface area contributed by atoms with Crippen LogP contribution < -0.4 is 16.4 Å². The third-order valence-corrected chi connectivity index (χ3v) is 4.69. The van der Waals surface area contributed by atoms with Crippen molar-refractivity contribution in [2.75, 3.05) is 13.2 Å². The smallest absolute Gasteiger partial charge is 0.312 e. The summed E-state index contributed by atoms with van der Waals surface area (Å²) >= 11 is 0. The first kappa shape index (κ1) is 15.8. The number of ether oxygens (including phenoxy) is 1. The molecule has 0 saturated heterocycles. The van der Waals surface area contributed by atoms with Crippen molar-refractivity contribution in [3.05, 3.63) is 51.1 Å². The predicted octanol–water partition coefficient (Wildman–Crippen LogP) is 0.422. The molecular weight excluding hydrogens is 327 g/mol. The number of halogens is 1. The van der Waals surface area contributed by atoms with Gasteiger partial charge in [0.1, 0.15) is 5.83 Å². The van der Waals surface area contributed by atoms with Gasteiger partial charge in [-0.3, -0.25) is 14.6 Å². The fourth-order valence-corrected chi connectivity index (χ4v) is 3.47. The Kier molecular flexibility index (Phi) is 3.57. The molecule has 0 spiro atoms. The summed E-state index contributed by atoms with van der Waals surface area (Å²) in [5.41, 5.74) is 7.57. The molecule has 130 valence electrons. The van der Waals surface area contributed by atoms with Crippen LogP contribution >= 0.6 is 0 Å². The predicted molar refractivity (Wildman–Crippen MR) is 89.4 cm³/mol. The van der Waals surface area contributed by atoms with Gasteiger partial charge >= 0.3 is 5.97 Å². The summed E-state index contributed by atoms with van der Waals surface area (Å²) in [7, 11) is 1.61. The molecule has 0 saturated carbocycles. The zero-order valence-corrected chi connectivity index (χ0v) is 13.8. The van der Waals surface area contributed by atoms with Gasteiger partial charge < -0.3 is 14.7 Å². The molecule has 1 aromatic heterocycles. The highest BCUT2D eigenvalue weighted by molar-refractivity contribution is 6.18. The SMILES string of the molecule is CCOC(=O)C1CN=C2C3=C(C=C(F)c4ccn(C)c(=O)c42)NNC31. The molecule has 2 aliphatic heterocycles. The number of aliphatic imine (C=N–C) groups is 1. The van der Waals surface area contributed by atoms with Crippen molar-refractivity contribution in [1.29, 1.82) is 0 Å². The Morgan fingerprint density at radius 1 is 1.52 bits per heavy atom. The van der Waals surface area contributed by atoms with Gasteiger partial charge in [-0.2, -0.15) is 0 Å². The Hall–Kier alpha value is -2.74. The molecule has 1 aromatic rings. The largest absolute Gasteiger partial charge is 0.466 e. The second kappa shape index (κ2) is 5.66. The van der Waals surface area contributed by atoms with Crippen LogP contribution in [0.4, 0.5) is 4.39 Å². The maximum absolute atomic E-state index is 14.7. The van der Waals surface area contributed by atoms with Crippen LogP contribution in [0.25, 0.3) is 5.83 Å². The Bertz CT molecular complexity index is 928. The van der Waals surface area contributed by atoms with E-state index in [0.29, 0.717) is 17.0 Å². The lowest BCUT2D eigenvalue weighted by atomic mass is 9.85. The van der Waals surface area contributed by atoms with Crippen molar-refractivity contribution < 1.29 is 13.9 Å². The first-order valence-electron chi connectivity index (χ1n) is 8.07. The quantitative estimate of drug-likeness (QED) is 0.760. The Balaban J connectivity index is 1.92. The number of nitrogens with zero attached hydrogens (tertiary/aromatic N) is 2. The molecule has 0 fully saturated rings. The maximum atomic E-state index is 14.7. The molecule has 3 aliphatic rings. The molecule has 7 nitrogen and oxygen atoms in total. The van der Waals surface area contributed by atoms with Gasteiger partial charge in [-0.05, 0) is 19.1 Å². The molecule has 1 aliphatic carbocycles. The number of hydrogen-bond donors (Lipinski definition) is 2. The number of hydrogen-bond acceptors (Lipinski definition) is 6. The van der Waals surface area contributed by atoms with E-state index in [9.17, 15) is 14.0 Å². The molecule has 8 heteroatoms. The number of nitrogens with one attached hydrogen (secondary N) is 2. The van der Waals surface area contributed by atoms with E-state index in [1.807, 2.05) is 0 Å². The first-order valence-corrected chi connectivity index (χ1v) is 8.07. The fraction of sp³-hybridized carbons (Fsp3) is 0.353. The van der Waals surface area contributed by atoms with E-state index in [0.717, 1.165) is 0 Å². The first-order chi connectivity index (χ1) is 12.0. The minimum absolute atomic E-state index is 0.170. The zero-order valence-electron chi connectivity index (χ0n) is 13.8. The maximum Gasteiger partial charge on any atom is 0.312 e. The molecule has 2 atom stereocenters. The number of hydrazine groups is 1. The highest BCUT2D eigenvalue weighted by atomic mass is 19.1. The number of esters is 1. The number of allylic oxidation sites excluding steroid dienone is 1. The van der Waals surface area contributed by atoms with Crippen LogP contribution in [0.15, 0.2) is 39.4 Å². The van der Waals surface area contributed by atoms with E-state index in [4.69, 9.17) is 4.74 Å². The van der Waals surface area contributed by atoms with E-state index < -0.39 is 17.8 Å². The van der Waals surface area contributed by atoms with Gasteiger partial charge in [0.25, 0.3) is 5.56 Å². The van der Waals surface area contributed by atoms with Gasteiger partial charge in [0.2, 0.25) is 0 Å². The summed E-state index contributed by atoms with van der Waals surface area (Å²) in [6.45, 7) is 2.18. The molecule has 0 amide bonds. The summed E-state index contributed by atoms with van der Waals surface area (Å²) in [4.78, 5) is 29.4. The second-order valence-corrected chi connectivity index (χ2v) is 6.13. The Morgan fingerprint density at radius 3 is 3.08 bits per heavy atom. The lowest BCUT2D eigenvalue weighted by Crippen LogP contribution is -2.47. The number of aromatic nitrogens is 1. The molecular formula is C17H17FN4O3. The summed E-state index contributed by atoms with van der Waals surface area (Å²) < 4.78 is 21.2. The normalized spacial score (nSPS) is 23.8. The number of carbonyl (C=O) groups is 1. The molecule has 0 radical (unpaired) electrons. The number of pyridine rings is 1. The van der Waals surface area contributed by atoms with Gasteiger partial charge in [0.15, 0.2) is 0 Å². The topological polar surface area (TPSA) is 84.7 Å². The molecule has 2 N–H and O–H groups in total. The van der Waals surface area contributed by atoms with Gasteiger partial charge in [-0.25, -0.2) is 9.82 Å². The molecule has 0 aromatic carbocycles. The Labute approximate surface area is 142 Å². The van der Waals surface area contributed by atoms with Crippen LogP contribution in [-0.4, -0.2) is 35.4 Å². The summed E-state index contributed by atoms with van der Waals surface area (Å²) in [6, 6.07) is 1.13. The number of aryl methyl sites for hydroxylation is 1. The molecule has 2 unspecified atom stereocenters. The summed E-state index contributed by atoms with van der Waals surface area (Å²) in [5.74, 6) is -1.42. The number of carbonyl (C=O) groups excluding carboxylic acids is 1. The lowest BCUT2D eigenvalue weighted by Gasteiger charge is -2.28. The molecule has 0 bridgehead atoms. The van der Waals surface area contributed by atoms with E-state index in [2.05, 4.69) is 15.8 Å². The van der Waals surface area contributed by atoms with Crippen LogP contribution in [-0.2, 0) is 16.6 Å². The van der Waals surface area contributed by atoms with Gasteiger partial charge in [-0.15, -0.1) is 0 Å². The monoisotopic (exact) mass is 344 g/mol. The number of rotatable bonds is 2. The van der Waals surface area contributed by atoms with Gasteiger partial charge in [-0.1, -0.05) is 0 Å². The minimum Gasteiger partial charge on any atom is -0.466 e. The lowest BCUT2D eigenvalue weighted by molar-refractivity contribution is -0.148. The van der Waals surface area contributed by atoms with Gasteiger partial charge in [0.05, 0.1) is 42.1 Å². The van der Waals surface area contributed by atoms with E-state index in [1.54, 1.807) is 20.0 Å². The van der Waals surface area contributed by atoms with Crippen molar-refractivity contribution in [3.63, 3.8) is 0 Å². The van der Waals surface area contributed by atoms with E-state index >= 15 is 0 Å². The van der Waals surface area contributed by atoms with Crippen molar-refractivity contribution in [2.24, 2.45) is 18.0 Å². The molecule has 25 heavy (non-hydrogen) atoms. The highest BCUT2D eigenvalue weighted by Gasteiger charge is 2.44. The third-order valence-electron chi connectivity index (χ3n) is 4.69. The van der Waals surface area contributed by atoms with Crippen LogP contribution in [0.1, 0.15) is 18.1 Å². The zero-order chi connectivity index (χ0) is 17.7. The molecule has 3 heterocycles. The van der Waals surface area contributed by atoms with Gasteiger partial charge in [0, 0.05) is 24.4 Å². The fourth-order valence-electron chi connectivity index (χ4n) is 3.47. The van der Waals surface area contributed by atoms with Crippen LogP contribution in [0.5, 0.6) is 0 Å². The van der Waals surface area contributed by atoms with Crippen molar-refractivity contribution in [3.8, 4) is 0 Å². The van der Waals surface area contributed by atoms with E-state index in [-0.39, 0.29) is 35.8 Å². The van der Waals surface area contributed by atoms with Crippen LogP contribution in [0.2, 0.25) is 0 Å². The van der Waals surface area contributed by atoms with Crippen LogP contribution in [0.3, 0.4) is 0 Å². The van der Waals surface area contributed by atoms with E-state index in [1.165, 1.54) is 16.8 Å². The summed E-state index contributed by atoms with van der Waals surface area (Å²) in [5, 5.41) is 0. The average Bonchev–Trinajstić information content (AvgIpc) is 2.95. The molecule has 4 rings (SSSR count). The van der Waals surface area contributed by atoms with Crippen molar-refractivity contribution in [2.45, 2.75) is 13.0 Å². The van der Waals surface area contributed by atoms with Crippen molar-refractivity contribution >= 4 is 17.5 Å². The number of fused-ring (bicyclic) bond motifs is 2. The second-order valence-electron chi connectivity index (χ2n) is 6.13. The minimum atomic E-state index is -0.533. The van der Waals surface area contributed by atoms with Crippen LogP contribution in [0, 0.1) is 5.92 Å². The average molecular weight is 344 g/mol. The van der Waals surface area contributed by atoms with Crippen molar-refractivity contribution in [1.82, 2.24) is 15.4 Å². The third kappa shape index (κ3) is 2.25. The summed E-state index contributed by atoms with van der Waals surface area (Å²) in [6.07, 6.45) is 2.86. The standard InChI is InChI=1S/C17H17FN4O3/c1-3-25-17(24)9-7-19-15-12-8(4-5-22(2)16(12)23)10(18)6-11-13(15)14(9)21-20-11/h4-6,9,14,20-21H,3,7H2,1-2H3.